The minimum atomic E-state index is -0.341. The molecule has 1 aromatic carbocycles. The van der Waals surface area contributed by atoms with E-state index in [0.29, 0.717) is 17.2 Å². The summed E-state index contributed by atoms with van der Waals surface area (Å²) >= 11 is 0. The molecule has 5 heteroatoms. The predicted molar refractivity (Wildman–Crippen MR) is 77.4 cm³/mol. The number of carbonyl (C=O) groups is 1. The second-order valence-electron chi connectivity index (χ2n) is 4.68. The number of rotatable bonds is 4. The highest BCUT2D eigenvalue weighted by molar-refractivity contribution is 5.91. The predicted octanol–water partition coefficient (Wildman–Crippen LogP) is 3.56. The van der Waals surface area contributed by atoms with E-state index in [-0.39, 0.29) is 17.6 Å². The van der Waals surface area contributed by atoms with Gasteiger partial charge in [-0.05, 0) is 24.3 Å². The average molecular weight is 273 g/mol. The van der Waals surface area contributed by atoms with Crippen molar-refractivity contribution in [3.63, 3.8) is 0 Å². The number of hydrogen-bond donors (Lipinski definition) is 2. The maximum atomic E-state index is 13.5. The third-order valence-electron chi connectivity index (χ3n) is 2.69. The maximum Gasteiger partial charge on any atom is 0.226 e. The van der Waals surface area contributed by atoms with E-state index in [0.717, 1.165) is 0 Å². The zero-order valence-electron chi connectivity index (χ0n) is 11.4. The first-order chi connectivity index (χ1) is 9.56. The van der Waals surface area contributed by atoms with Gasteiger partial charge in [-0.25, -0.2) is 9.37 Å². The average Bonchev–Trinajstić information content (AvgIpc) is 2.43. The topological polar surface area (TPSA) is 54.0 Å². The summed E-state index contributed by atoms with van der Waals surface area (Å²) in [5, 5.41) is 5.62. The van der Waals surface area contributed by atoms with Crippen molar-refractivity contribution in [2.24, 2.45) is 5.92 Å². The number of halogens is 1. The summed E-state index contributed by atoms with van der Waals surface area (Å²) in [4.78, 5) is 15.7. The largest absolute Gasteiger partial charge is 0.338 e. The Labute approximate surface area is 117 Å². The molecular weight excluding hydrogens is 257 g/mol. The molecule has 1 heterocycles. The lowest BCUT2D eigenvalue weighted by Gasteiger charge is -2.09. The van der Waals surface area contributed by atoms with E-state index >= 15 is 0 Å². The molecule has 2 rings (SSSR count). The quantitative estimate of drug-likeness (QED) is 0.895. The van der Waals surface area contributed by atoms with Crippen LogP contribution in [-0.4, -0.2) is 10.9 Å². The van der Waals surface area contributed by atoms with Crippen molar-refractivity contribution in [1.82, 2.24) is 4.98 Å². The molecule has 104 valence electrons. The van der Waals surface area contributed by atoms with E-state index in [1.54, 1.807) is 30.3 Å². The number of para-hydroxylation sites is 1. The van der Waals surface area contributed by atoms with Crippen LogP contribution in [0.15, 0.2) is 42.6 Å². The fraction of sp³-hybridized carbons (Fsp3) is 0.200. The van der Waals surface area contributed by atoms with Gasteiger partial charge in [-0.2, -0.15) is 0 Å². The van der Waals surface area contributed by atoms with Crippen molar-refractivity contribution in [1.29, 1.82) is 0 Å². The summed E-state index contributed by atoms with van der Waals surface area (Å²) in [6, 6.07) is 9.77. The Morgan fingerprint density at radius 3 is 2.55 bits per heavy atom. The van der Waals surface area contributed by atoms with Crippen LogP contribution in [0, 0.1) is 11.7 Å². The molecule has 20 heavy (non-hydrogen) atoms. The van der Waals surface area contributed by atoms with Crippen molar-refractivity contribution in [3.8, 4) is 0 Å². The van der Waals surface area contributed by atoms with E-state index < -0.39 is 0 Å². The second kappa shape index (κ2) is 6.14. The molecule has 0 aliphatic rings. The van der Waals surface area contributed by atoms with Gasteiger partial charge in [0.05, 0.1) is 17.6 Å². The first-order valence-electron chi connectivity index (χ1n) is 6.34. The zero-order chi connectivity index (χ0) is 14.5. The Morgan fingerprint density at radius 1 is 1.20 bits per heavy atom. The van der Waals surface area contributed by atoms with E-state index in [2.05, 4.69) is 15.6 Å². The first kappa shape index (κ1) is 14.0. The number of nitrogens with one attached hydrogen (secondary N) is 2. The Hall–Kier alpha value is -2.43. The minimum absolute atomic E-state index is 0.0680. The molecule has 0 aliphatic carbocycles. The fourth-order valence-electron chi connectivity index (χ4n) is 1.53. The van der Waals surface area contributed by atoms with E-state index in [1.807, 2.05) is 13.8 Å². The molecule has 1 amide bonds. The molecule has 4 nitrogen and oxygen atoms in total. The van der Waals surface area contributed by atoms with Gasteiger partial charge in [-0.1, -0.05) is 26.0 Å². The van der Waals surface area contributed by atoms with Gasteiger partial charge in [0.25, 0.3) is 0 Å². The van der Waals surface area contributed by atoms with Gasteiger partial charge in [0.1, 0.15) is 11.6 Å². The summed E-state index contributed by atoms with van der Waals surface area (Å²) in [5.41, 5.74) is 0.974. The number of carbonyl (C=O) groups excluding carboxylic acids is 1. The molecule has 1 aromatic heterocycles. The Bertz CT molecular complexity index is 596. The van der Waals surface area contributed by atoms with Crippen LogP contribution in [0.2, 0.25) is 0 Å². The molecule has 0 radical (unpaired) electrons. The van der Waals surface area contributed by atoms with Gasteiger partial charge in [0.15, 0.2) is 0 Å². The lowest BCUT2D eigenvalue weighted by molar-refractivity contribution is -0.118. The standard InChI is InChI=1S/C15H16FN3O/c1-10(2)15(20)18-11-7-8-14(17-9-11)19-13-6-4-3-5-12(13)16/h3-10H,1-2H3,(H,17,19)(H,18,20). The van der Waals surface area contributed by atoms with Crippen LogP contribution in [0.3, 0.4) is 0 Å². The Balaban J connectivity index is 2.05. The van der Waals surface area contributed by atoms with Crippen LogP contribution >= 0.6 is 0 Å². The number of anilines is 3. The number of amides is 1. The summed E-state index contributed by atoms with van der Waals surface area (Å²) in [5.74, 6) is 0.0111. The third-order valence-corrected chi connectivity index (χ3v) is 2.69. The number of aromatic nitrogens is 1. The van der Waals surface area contributed by atoms with Gasteiger partial charge < -0.3 is 10.6 Å². The molecule has 0 atom stereocenters. The number of pyridine rings is 1. The SMILES string of the molecule is CC(C)C(=O)Nc1ccc(Nc2ccccc2F)nc1. The number of nitrogens with zero attached hydrogens (tertiary/aromatic N) is 1. The fourth-order valence-corrected chi connectivity index (χ4v) is 1.53. The maximum absolute atomic E-state index is 13.5. The molecule has 2 N–H and O–H groups in total. The summed E-state index contributed by atoms with van der Waals surface area (Å²) in [7, 11) is 0. The van der Waals surface area contributed by atoms with Crippen molar-refractivity contribution >= 4 is 23.1 Å². The van der Waals surface area contributed by atoms with Gasteiger partial charge in [0, 0.05) is 5.92 Å². The first-order valence-corrected chi connectivity index (χ1v) is 6.34. The summed E-state index contributed by atoms with van der Waals surface area (Å²) in [6.45, 7) is 3.63. The number of benzene rings is 1. The molecule has 0 aliphatic heterocycles. The van der Waals surface area contributed by atoms with Crippen LogP contribution in [0.25, 0.3) is 0 Å². The molecule has 2 aromatic rings. The molecule has 0 saturated heterocycles. The molecular formula is C15H16FN3O. The van der Waals surface area contributed by atoms with Crippen LogP contribution < -0.4 is 10.6 Å². The lowest BCUT2D eigenvalue weighted by Crippen LogP contribution is -2.17. The number of hydrogen-bond acceptors (Lipinski definition) is 3. The van der Waals surface area contributed by atoms with Crippen LogP contribution in [0.4, 0.5) is 21.6 Å². The van der Waals surface area contributed by atoms with Crippen molar-refractivity contribution < 1.29 is 9.18 Å². The third kappa shape index (κ3) is 3.54. The van der Waals surface area contributed by atoms with Crippen LogP contribution in [0.1, 0.15) is 13.8 Å². The highest BCUT2D eigenvalue weighted by Crippen LogP contribution is 2.19. The highest BCUT2D eigenvalue weighted by Gasteiger charge is 2.07. The summed E-state index contributed by atoms with van der Waals surface area (Å²) < 4.78 is 13.5. The molecule has 0 saturated carbocycles. The van der Waals surface area contributed by atoms with Gasteiger partial charge in [-0.15, -0.1) is 0 Å². The van der Waals surface area contributed by atoms with E-state index in [9.17, 15) is 9.18 Å². The van der Waals surface area contributed by atoms with Crippen LogP contribution in [0.5, 0.6) is 0 Å². The zero-order valence-corrected chi connectivity index (χ0v) is 11.4. The molecule has 0 fully saturated rings. The Kier molecular flexibility index (Phi) is 4.30. The minimum Gasteiger partial charge on any atom is -0.338 e. The second-order valence-corrected chi connectivity index (χ2v) is 4.68. The van der Waals surface area contributed by atoms with Gasteiger partial charge >= 0.3 is 0 Å². The monoisotopic (exact) mass is 273 g/mol. The van der Waals surface area contributed by atoms with Crippen LogP contribution in [-0.2, 0) is 4.79 Å². The van der Waals surface area contributed by atoms with Crippen molar-refractivity contribution in [2.45, 2.75) is 13.8 Å². The van der Waals surface area contributed by atoms with E-state index in [4.69, 9.17) is 0 Å². The molecule has 0 spiro atoms. The van der Waals surface area contributed by atoms with E-state index in [1.165, 1.54) is 12.3 Å². The van der Waals surface area contributed by atoms with Gasteiger partial charge in [0.2, 0.25) is 5.91 Å². The normalized spacial score (nSPS) is 10.4. The highest BCUT2D eigenvalue weighted by atomic mass is 19.1. The van der Waals surface area contributed by atoms with Crippen molar-refractivity contribution in [3.05, 3.63) is 48.4 Å². The lowest BCUT2D eigenvalue weighted by atomic mass is 10.2. The Morgan fingerprint density at radius 2 is 1.95 bits per heavy atom. The molecule has 0 bridgehead atoms. The molecule has 0 unspecified atom stereocenters. The van der Waals surface area contributed by atoms with Gasteiger partial charge in [-0.3, -0.25) is 4.79 Å². The smallest absolute Gasteiger partial charge is 0.226 e. The summed E-state index contributed by atoms with van der Waals surface area (Å²) in [6.07, 6.45) is 1.53. The van der Waals surface area contributed by atoms with Crippen molar-refractivity contribution in [2.75, 3.05) is 10.6 Å².